The number of Topliss-reactive ketones (excluding diaryl/α,β-unsaturated/α-hetero) is 1. The highest BCUT2D eigenvalue weighted by molar-refractivity contribution is 6.23. The molecule has 1 aromatic carbocycles. The molecule has 2 aromatic rings. The number of ketones is 1. The number of rotatable bonds is 3. The minimum absolute atomic E-state index is 0.0233. The molecule has 18 heavy (non-hydrogen) atoms. The predicted molar refractivity (Wildman–Crippen MR) is 74.0 cm³/mol. The van der Waals surface area contributed by atoms with E-state index in [9.17, 15) is 4.79 Å². The van der Waals surface area contributed by atoms with E-state index in [1.54, 1.807) is 13.1 Å². The molecule has 2 heteroatoms. The molecule has 0 bridgehead atoms. The van der Waals surface area contributed by atoms with Gasteiger partial charge >= 0.3 is 0 Å². The third kappa shape index (κ3) is 2.92. The van der Waals surface area contributed by atoms with Gasteiger partial charge in [-0.15, -0.1) is 0 Å². The zero-order valence-corrected chi connectivity index (χ0v) is 10.6. The maximum absolute atomic E-state index is 11.7. The summed E-state index contributed by atoms with van der Waals surface area (Å²) in [6, 6.07) is 13.6. The predicted octanol–water partition coefficient (Wildman–Crippen LogP) is 3.52. The van der Waals surface area contributed by atoms with Crippen LogP contribution in [-0.4, -0.2) is 10.8 Å². The van der Waals surface area contributed by atoms with E-state index in [1.807, 2.05) is 55.5 Å². The van der Waals surface area contributed by atoms with E-state index in [1.165, 1.54) is 5.56 Å². The Hall–Kier alpha value is -2.22. The summed E-state index contributed by atoms with van der Waals surface area (Å²) >= 11 is 0. The number of aryl methyl sites for hydroxylation is 1. The lowest BCUT2D eigenvalue weighted by atomic mass is 10.0. The van der Waals surface area contributed by atoms with Gasteiger partial charge in [0.15, 0.2) is 5.78 Å². The smallest absolute Gasteiger partial charge is 0.161 e. The second-order valence-electron chi connectivity index (χ2n) is 4.24. The van der Waals surface area contributed by atoms with Gasteiger partial charge in [0.05, 0.1) is 5.69 Å². The van der Waals surface area contributed by atoms with Gasteiger partial charge in [0.25, 0.3) is 0 Å². The maximum Gasteiger partial charge on any atom is 0.161 e. The van der Waals surface area contributed by atoms with Gasteiger partial charge in [-0.05, 0) is 37.6 Å². The molecular weight excluding hydrogens is 222 g/mol. The largest absolute Gasteiger partial charge is 0.294 e. The normalized spacial score (nSPS) is 11.3. The fourth-order valence-corrected chi connectivity index (χ4v) is 1.80. The van der Waals surface area contributed by atoms with E-state index in [0.717, 1.165) is 5.56 Å². The number of allylic oxidation sites excluding steroid dienone is 1. The first kappa shape index (κ1) is 12.2. The summed E-state index contributed by atoms with van der Waals surface area (Å²) in [5.41, 5.74) is 3.55. The van der Waals surface area contributed by atoms with E-state index >= 15 is 0 Å². The number of hydrogen-bond donors (Lipinski definition) is 0. The van der Waals surface area contributed by atoms with Crippen molar-refractivity contribution in [2.24, 2.45) is 0 Å². The highest BCUT2D eigenvalue weighted by atomic mass is 16.1. The first-order valence-corrected chi connectivity index (χ1v) is 5.87. The third-order valence-corrected chi connectivity index (χ3v) is 2.67. The summed E-state index contributed by atoms with van der Waals surface area (Å²) in [6.45, 7) is 3.60. The average Bonchev–Trinajstić information content (AvgIpc) is 2.37. The second kappa shape index (κ2) is 5.41. The van der Waals surface area contributed by atoms with Gasteiger partial charge in [-0.1, -0.05) is 35.9 Å². The van der Waals surface area contributed by atoms with Crippen LogP contribution in [0.1, 0.15) is 23.7 Å². The van der Waals surface area contributed by atoms with Crippen molar-refractivity contribution in [2.45, 2.75) is 13.8 Å². The van der Waals surface area contributed by atoms with Crippen LogP contribution in [0.15, 0.2) is 48.7 Å². The molecule has 0 spiro atoms. The molecule has 0 saturated heterocycles. The fourth-order valence-electron chi connectivity index (χ4n) is 1.80. The van der Waals surface area contributed by atoms with Crippen LogP contribution in [0.25, 0.3) is 11.6 Å². The maximum atomic E-state index is 11.7. The number of benzene rings is 1. The summed E-state index contributed by atoms with van der Waals surface area (Å²) in [7, 11) is 0. The Morgan fingerprint density at radius 2 is 2.00 bits per heavy atom. The van der Waals surface area contributed by atoms with Crippen LogP contribution in [0.3, 0.4) is 0 Å². The lowest BCUT2D eigenvalue weighted by Crippen LogP contribution is -1.98. The Morgan fingerprint density at radius 3 is 2.61 bits per heavy atom. The van der Waals surface area contributed by atoms with Gasteiger partial charge in [-0.25, -0.2) is 0 Å². The number of nitrogens with zero attached hydrogens (tertiary/aromatic N) is 1. The SMILES string of the molecule is CC(=O)/C(=C/c1cccc(C)c1)c1ccccn1. The molecule has 1 heterocycles. The zero-order valence-electron chi connectivity index (χ0n) is 10.6. The Labute approximate surface area is 107 Å². The summed E-state index contributed by atoms with van der Waals surface area (Å²) in [4.78, 5) is 16.0. The molecule has 90 valence electrons. The van der Waals surface area contributed by atoms with E-state index in [0.29, 0.717) is 11.3 Å². The van der Waals surface area contributed by atoms with Crippen molar-refractivity contribution in [3.8, 4) is 0 Å². The molecular formula is C16H15NO. The average molecular weight is 237 g/mol. The first-order chi connectivity index (χ1) is 8.66. The van der Waals surface area contributed by atoms with E-state index in [2.05, 4.69) is 4.98 Å². The van der Waals surface area contributed by atoms with Gasteiger partial charge in [0, 0.05) is 11.8 Å². The van der Waals surface area contributed by atoms with Gasteiger partial charge in [0.1, 0.15) is 0 Å². The monoisotopic (exact) mass is 237 g/mol. The van der Waals surface area contributed by atoms with Crippen molar-refractivity contribution in [3.63, 3.8) is 0 Å². The molecule has 0 saturated carbocycles. The van der Waals surface area contributed by atoms with Crippen molar-refractivity contribution in [3.05, 3.63) is 65.5 Å². The summed E-state index contributed by atoms with van der Waals surface area (Å²) in [6.07, 6.45) is 3.58. The first-order valence-electron chi connectivity index (χ1n) is 5.87. The van der Waals surface area contributed by atoms with Gasteiger partial charge < -0.3 is 0 Å². The zero-order chi connectivity index (χ0) is 13.0. The highest BCUT2D eigenvalue weighted by Gasteiger charge is 2.08. The molecule has 0 aliphatic rings. The molecule has 1 aromatic heterocycles. The van der Waals surface area contributed by atoms with E-state index < -0.39 is 0 Å². The van der Waals surface area contributed by atoms with Crippen LogP contribution < -0.4 is 0 Å². The Balaban J connectivity index is 2.46. The standard InChI is InChI=1S/C16H15NO/c1-12-6-5-7-14(10-12)11-15(13(2)18)16-8-3-4-9-17-16/h3-11H,1-2H3/b15-11-. The van der Waals surface area contributed by atoms with Crippen molar-refractivity contribution < 1.29 is 4.79 Å². The number of carbonyl (C=O) groups is 1. The highest BCUT2D eigenvalue weighted by Crippen LogP contribution is 2.17. The lowest BCUT2D eigenvalue weighted by molar-refractivity contribution is -0.111. The number of hydrogen-bond acceptors (Lipinski definition) is 2. The molecule has 0 atom stereocenters. The Kier molecular flexibility index (Phi) is 3.68. The Morgan fingerprint density at radius 1 is 1.17 bits per heavy atom. The molecule has 0 unspecified atom stereocenters. The molecule has 0 fully saturated rings. The van der Waals surface area contributed by atoms with Crippen LogP contribution in [0.5, 0.6) is 0 Å². The molecule has 0 radical (unpaired) electrons. The number of pyridine rings is 1. The van der Waals surface area contributed by atoms with Crippen molar-refractivity contribution >= 4 is 17.4 Å². The molecule has 0 aliphatic carbocycles. The third-order valence-electron chi connectivity index (χ3n) is 2.67. The number of aromatic nitrogens is 1. The fraction of sp³-hybridized carbons (Fsp3) is 0.125. The van der Waals surface area contributed by atoms with Gasteiger partial charge in [-0.3, -0.25) is 9.78 Å². The van der Waals surface area contributed by atoms with Crippen LogP contribution in [0.2, 0.25) is 0 Å². The van der Waals surface area contributed by atoms with E-state index in [4.69, 9.17) is 0 Å². The van der Waals surface area contributed by atoms with Crippen LogP contribution in [0, 0.1) is 6.92 Å². The van der Waals surface area contributed by atoms with Crippen molar-refractivity contribution in [1.82, 2.24) is 4.98 Å². The summed E-state index contributed by atoms with van der Waals surface area (Å²) in [5, 5.41) is 0. The minimum Gasteiger partial charge on any atom is -0.294 e. The molecule has 0 aliphatic heterocycles. The molecule has 0 amide bonds. The van der Waals surface area contributed by atoms with Crippen molar-refractivity contribution in [2.75, 3.05) is 0 Å². The minimum atomic E-state index is 0.0233. The topological polar surface area (TPSA) is 30.0 Å². The molecule has 0 N–H and O–H groups in total. The molecule has 2 nitrogen and oxygen atoms in total. The second-order valence-corrected chi connectivity index (χ2v) is 4.24. The Bertz CT molecular complexity index is 585. The summed E-state index contributed by atoms with van der Waals surface area (Å²) < 4.78 is 0. The van der Waals surface area contributed by atoms with Crippen LogP contribution in [-0.2, 0) is 4.79 Å². The number of carbonyl (C=O) groups excluding carboxylic acids is 1. The van der Waals surface area contributed by atoms with Crippen LogP contribution in [0.4, 0.5) is 0 Å². The van der Waals surface area contributed by atoms with Crippen molar-refractivity contribution in [1.29, 1.82) is 0 Å². The lowest BCUT2D eigenvalue weighted by Gasteiger charge is -2.03. The van der Waals surface area contributed by atoms with Gasteiger partial charge in [-0.2, -0.15) is 0 Å². The quantitative estimate of drug-likeness (QED) is 0.764. The van der Waals surface area contributed by atoms with Gasteiger partial charge in [0.2, 0.25) is 0 Å². The summed E-state index contributed by atoms with van der Waals surface area (Å²) in [5.74, 6) is 0.0233. The van der Waals surface area contributed by atoms with Crippen LogP contribution >= 0.6 is 0 Å². The molecule has 2 rings (SSSR count). The van der Waals surface area contributed by atoms with E-state index in [-0.39, 0.29) is 5.78 Å².